The Morgan fingerprint density at radius 3 is 2.10 bits per heavy atom. The second kappa shape index (κ2) is 14.7. The molecule has 0 aromatic carbocycles. The highest BCUT2D eigenvalue weighted by Crippen LogP contribution is 2.19. The van der Waals surface area contributed by atoms with Crippen LogP contribution in [-0.4, -0.2) is 86.3 Å². The zero-order chi connectivity index (χ0) is 23.1. The number of aromatic hydroxyl groups is 2. The number of carbonyl (C=O) groups excluding carboxylic acids is 3. The van der Waals surface area contributed by atoms with Gasteiger partial charge >= 0.3 is 18.2 Å². The summed E-state index contributed by atoms with van der Waals surface area (Å²) in [6.07, 6.45) is -0.420. The molecule has 1 atom stereocenters. The summed E-state index contributed by atoms with van der Waals surface area (Å²) in [5, 5.41) is 24.1. The molecule has 1 rings (SSSR count). The Morgan fingerprint density at radius 2 is 1.52 bits per heavy atom. The van der Waals surface area contributed by atoms with Gasteiger partial charge in [0.05, 0.1) is 13.2 Å². The first-order chi connectivity index (χ1) is 14.9. The molecule has 13 heteroatoms. The monoisotopic (exact) mass is 447 g/mol. The van der Waals surface area contributed by atoms with Crippen LogP contribution in [0.2, 0.25) is 0 Å². The Kier molecular flexibility index (Phi) is 12.3. The number of aromatic nitrogens is 1. The van der Waals surface area contributed by atoms with Crippen molar-refractivity contribution in [1.29, 1.82) is 0 Å². The Labute approximate surface area is 179 Å². The first kappa shape index (κ1) is 25.8. The molecule has 31 heavy (non-hydrogen) atoms. The van der Waals surface area contributed by atoms with E-state index in [4.69, 9.17) is 23.8 Å². The van der Waals surface area contributed by atoms with Gasteiger partial charge in [0, 0.05) is 32.9 Å². The number of ether oxygens (including phenoxy) is 4. The predicted molar refractivity (Wildman–Crippen MR) is 105 cm³/mol. The molecule has 0 radical (unpaired) electrons. The van der Waals surface area contributed by atoms with Crippen LogP contribution in [0, 0.1) is 0 Å². The summed E-state index contributed by atoms with van der Waals surface area (Å²) >= 11 is 0. The van der Waals surface area contributed by atoms with Crippen LogP contribution in [0.3, 0.4) is 0 Å². The lowest BCUT2D eigenvalue weighted by atomic mass is 10.1. The van der Waals surface area contributed by atoms with Gasteiger partial charge in [-0.15, -0.1) is 4.73 Å². The van der Waals surface area contributed by atoms with Gasteiger partial charge in [-0.1, -0.05) is 0 Å². The van der Waals surface area contributed by atoms with Crippen LogP contribution in [0.25, 0.3) is 0 Å². The standard InChI is InChI=1S/C18H29N3O10/c1-27-9-11-29-17(25)19-8-4-3-5-13(20-18(26)30-12-10-28-2)16(24)31-21-14(22)6-7-15(21)23/h6-7,13,22-23H,3-5,8-12H2,1-2H3,(H,19,25)(H,20,26). The summed E-state index contributed by atoms with van der Waals surface area (Å²) < 4.78 is 19.8. The van der Waals surface area contributed by atoms with Gasteiger partial charge in [-0.3, -0.25) is 0 Å². The Morgan fingerprint density at radius 1 is 0.935 bits per heavy atom. The number of rotatable bonds is 14. The summed E-state index contributed by atoms with van der Waals surface area (Å²) in [6, 6.07) is 1.12. The molecule has 0 aliphatic rings. The molecule has 0 aliphatic carbocycles. The Hall–Kier alpha value is -3.19. The maximum absolute atomic E-state index is 12.4. The molecule has 0 bridgehead atoms. The molecule has 1 aromatic rings. The molecular weight excluding hydrogens is 418 g/mol. The van der Waals surface area contributed by atoms with Gasteiger partial charge in [0.15, 0.2) is 0 Å². The van der Waals surface area contributed by atoms with Crippen LogP contribution in [0.15, 0.2) is 12.1 Å². The number of amides is 2. The van der Waals surface area contributed by atoms with Crippen LogP contribution in [0.1, 0.15) is 19.3 Å². The zero-order valence-corrected chi connectivity index (χ0v) is 17.5. The van der Waals surface area contributed by atoms with Gasteiger partial charge < -0.3 is 44.6 Å². The van der Waals surface area contributed by atoms with Crippen LogP contribution in [0.4, 0.5) is 9.59 Å². The zero-order valence-electron chi connectivity index (χ0n) is 17.5. The molecule has 0 saturated heterocycles. The number of methoxy groups -OCH3 is 2. The predicted octanol–water partition coefficient (Wildman–Crippen LogP) is 0.139. The lowest BCUT2D eigenvalue weighted by Crippen LogP contribution is -2.45. The number of carbonyl (C=O) groups is 3. The quantitative estimate of drug-likeness (QED) is 0.288. The number of hydrogen-bond acceptors (Lipinski definition) is 10. The summed E-state index contributed by atoms with van der Waals surface area (Å²) in [4.78, 5) is 40.7. The molecule has 0 saturated carbocycles. The summed E-state index contributed by atoms with van der Waals surface area (Å²) in [5.41, 5.74) is 0. The minimum Gasteiger partial charge on any atom is -0.492 e. The van der Waals surface area contributed by atoms with Gasteiger partial charge in [-0.2, -0.15) is 0 Å². The fraction of sp³-hybridized carbons (Fsp3) is 0.611. The molecule has 1 aromatic heterocycles. The topological polar surface area (TPSA) is 167 Å². The minimum atomic E-state index is -1.13. The number of alkyl carbamates (subject to hydrolysis) is 2. The molecule has 0 spiro atoms. The number of unbranched alkanes of at least 4 members (excludes halogenated alkanes) is 1. The normalized spacial score (nSPS) is 11.4. The average molecular weight is 447 g/mol. The van der Waals surface area contributed by atoms with Gasteiger partial charge in [0.1, 0.15) is 19.3 Å². The van der Waals surface area contributed by atoms with Crippen molar-refractivity contribution in [3.63, 3.8) is 0 Å². The van der Waals surface area contributed by atoms with Crippen molar-refractivity contribution < 1.29 is 48.4 Å². The van der Waals surface area contributed by atoms with Crippen molar-refractivity contribution in [2.75, 3.05) is 47.2 Å². The van der Waals surface area contributed by atoms with Crippen molar-refractivity contribution in [3.05, 3.63) is 12.1 Å². The molecule has 1 unspecified atom stereocenters. The molecule has 2 amide bonds. The molecule has 13 nitrogen and oxygen atoms in total. The fourth-order valence-corrected chi connectivity index (χ4v) is 2.23. The Balaban J connectivity index is 2.53. The molecule has 0 fully saturated rings. The largest absolute Gasteiger partial charge is 0.492 e. The van der Waals surface area contributed by atoms with E-state index < -0.39 is 36.0 Å². The number of nitrogens with one attached hydrogen (secondary N) is 2. The maximum Gasteiger partial charge on any atom is 0.407 e. The van der Waals surface area contributed by atoms with Crippen molar-refractivity contribution in [2.24, 2.45) is 0 Å². The average Bonchev–Trinajstić information content (AvgIpc) is 3.05. The number of hydrogen-bond donors (Lipinski definition) is 4. The van der Waals surface area contributed by atoms with Gasteiger partial charge in [-0.25, -0.2) is 14.4 Å². The minimum absolute atomic E-state index is 0.0155. The van der Waals surface area contributed by atoms with Crippen LogP contribution < -0.4 is 15.5 Å². The van der Waals surface area contributed by atoms with Crippen molar-refractivity contribution in [2.45, 2.75) is 25.3 Å². The first-order valence-electron chi connectivity index (χ1n) is 9.52. The SMILES string of the molecule is COCCOC(=O)NCCCCC(NC(=O)OCCOC)C(=O)On1c(O)ccc1O. The van der Waals surface area contributed by atoms with E-state index in [-0.39, 0.29) is 39.4 Å². The molecule has 1 heterocycles. The van der Waals surface area contributed by atoms with Crippen LogP contribution in [0.5, 0.6) is 11.8 Å². The maximum atomic E-state index is 12.4. The second-order valence-corrected chi connectivity index (χ2v) is 6.13. The summed E-state index contributed by atoms with van der Waals surface area (Å²) in [5.74, 6) is -1.93. The van der Waals surface area contributed by atoms with E-state index in [1.165, 1.54) is 14.2 Å². The van der Waals surface area contributed by atoms with E-state index in [0.717, 1.165) is 12.1 Å². The fourth-order valence-electron chi connectivity index (χ4n) is 2.23. The van der Waals surface area contributed by atoms with Gasteiger partial charge in [0.25, 0.3) is 0 Å². The lowest BCUT2D eigenvalue weighted by molar-refractivity contribution is -0.148. The van der Waals surface area contributed by atoms with Crippen LogP contribution >= 0.6 is 0 Å². The van der Waals surface area contributed by atoms with E-state index in [0.29, 0.717) is 17.6 Å². The highest BCUT2D eigenvalue weighted by molar-refractivity contribution is 5.81. The van der Waals surface area contributed by atoms with E-state index in [9.17, 15) is 24.6 Å². The summed E-state index contributed by atoms with van der Waals surface area (Å²) in [7, 11) is 2.93. The Bertz CT molecular complexity index is 675. The third-order valence-corrected chi connectivity index (χ3v) is 3.79. The van der Waals surface area contributed by atoms with E-state index in [1.54, 1.807) is 0 Å². The number of nitrogens with zero attached hydrogens (tertiary/aromatic N) is 1. The highest BCUT2D eigenvalue weighted by Gasteiger charge is 2.25. The molecular formula is C18H29N3O10. The molecule has 176 valence electrons. The second-order valence-electron chi connectivity index (χ2n) is 6.13. The van der Waals surface area contributed by atoms with E-state index in [2.05, 4.69) is 10.6 Å². The summed E-state index contributed by atoms with van der Waals surface area (Å²) in [6.45, 7) is 0.865. The lowest BCUT2D eigenvalue weighted by Gasteiger charge is -2.18. The highest BCUT2D eigenvalue weighted by atomic mass is 16.7. The smallest absolute Gasteiger partial charge is 0.407 e. The van der Waals surface area contributed by atoms with Gasteiger partial charge in [-0.05, 0) is 19.3 Å². The van der Waals surface area contributed by atoms with Gasteiger partial charge in [0.2, 0.25) is 11.8 Å². The van der Waals surface area contributed by atoms with Crippen LogP contribution in [-0.2, 0) is 23.7 Å². The molecule has 4 N–H and O–H groups in total. The third kappa shape index (κ3) is 10.4. The third-order valence-electron chi connectivity index (χ3n) is 3.79. The van der Waals surface area contributed by atoms with Crippen molar-refractivity contribution in [3.8, 4) is 11.8 Å². The van der Waals surface area contributed by atoms with E-state index in [1.807, 2.05) is 0 Å². The molecule has 0 aliphatic heterocycles. The van der Waals surface area contributed by atoms with Crippen molar-refractivity contribution >= 4 is 18.2 Å². The van der Waals surface area contributed by atoms with E-state index >= 15 is 0 Å². The van der Waals surface area contributed by atoms with Crippen molar-refractivity contribution in [1.82, 2.24) is 15.4 Å². The first-order valence-corrected chi connectivity index (χ1v) is 9.52.